The summed E-state index contributed by atoms with van der Waals surface area (Å²) in [4.78, 5) is 35.7. The van der Waals surface area contributed by atoms with E-state index in [-0.39, 0.29) is 6.04 Å². The molecule has 0 aromatic heterocycles. The lowest BCUT2D eigenvalue weighted by Crippen LogP contribution is -2.49. The van der Waals surface area contributed by atoms with Crippen LogP contribution < -0.4 is 0 Å². The third kappa shape index (κ3) is 6.32. The van der Waals surface area contributed by atoms with Crippen LogP contribution in [0.25, 0.3) is 0 Å². The molecule has 0 aromatic carbocycles. The van der Waals surface area contributed by atoms with Gasteiger partial charge in [0.25, 0.3) is 0 Å². The smallest absolute Gasteiger partial charge is 0.323 e. The molecule has 0 aliphatic rings. The monoisotopic (exact) mass is 292 g/mol. The number of hydrogen-bond acceptors (Lipinski definition) is 4. The highest BCUT2D eigenvalue weighted by Gasteiger charge is 2.26. The van der Waals surface area contributed by atoms with Crippen LogP contribution in [0.2, 0.25) is 0 Å². The van der Waals surface area contributed by atoms with Crippen molar-refractivity contribution in [3.05, 3.63) is 0 Å². The molecule has 0 fully saturated rings. The van der Waals surface area contributed by atoms with Crippen LogP contribution in [0.5, 0.6) is 0 Å². The number of urea groups is 1. The van der Waals surface area contributed by atoms with Crippen molar-refractivity contribution in [3.8, 4) is 0 Å². The van der Waals surface area contributed by atoms with Gasteiger partial charge in [0.05, 0.1) is 0 Å². The largest absolute Gasteiger partial charge is 0.480 e. The van der Waals surface area contributed by atoms with Crippen LogP contribution in [0.4, 0.5) is 4.79 Å². The first-order valence-electron chi connectivity index (χ1n) is 5.77. The Morgan fingerprint density at radius 3 is 1.95 bits per heavy atom. The van der Waals surface area contributed by atoms with Crippen LogP contribution in [-0.2, 0) is 9.59 Å². The highest BCUT2D eigenvalue weighted by molar-refractivity contribution is 7.98. The summed E-state index contributed by atoms with van der Waals surface area (Å²) in [7, 11) is 1.56. The summed E-state index contributed by atoms with van der Waals surface area (Å²) in [6.45, 7) is 0.680. The maximum atomic E-state index is 12.1. The molecule has 0 heterocycles. The molecule has 110 valence electrons. The molecule has 8 heteroatoms. The van der Waals surface area contributed by atoms with Gasteiger partial charge in [-0.2, -0.15) is 11.8 Å². The van der Waals surface area contributed by atoms with Crippen molar-refractivity contribution >= 4 is 29.7 Å². The molecule has 2 amide bonds. The van der Waals surface area contributed by atoms with Crippen LogP contribution >= 0.6 is 11.8 Å². The van der Waals surface area contributed by atoms with Gasteiger partial charge in [-0.25, -0.2) is 4.79 Å². The second-order valence-corrected chi connectivity index (χ2v) is 4.97. The number of carbonyl (C=O) groups excluding carboxylic acids is 1. The first-order chi connectivity index (χ1) is 8.83. The zero-order valence-corrected chi connectivity index (χ0v) is 12.1. The SMILES string of the molecule is CCC(CSC)N(C)C(=O)N(CC(=O)O)CC(=O)O. The summed E-state index contributed by atoms with van der Waals surface area (Å²) in [5, 5.41) is 17.4. The average molecular weight is 292 g/mol. The van der Waals surface area contributed by atoms with E-state index in [1.807, 2.05) is 13.2 Å². The van der Waals surface area contributed by atoms with Gasteiger partial charge in [0.2, 0.25) is 0 Å². The van der Waals surface area contributed by atoms with Crippen molar-refractivity contribution in [2.75, 3.05) is 32.1 Å². The number of aliphatic carboxylic acids is 2. The van der Waals surface area contributed by atoms with Crippen LogP contribution in [0.15, 0.2) is 0 Å². The average Bonchev–Trinajstić information content (AvgIpc) is 2.32. The maximum absolute atomic E-state index is 12.1. The Balaban J connectivity index is 4.84. The van der Waals surface area contributed by atoms with Crippen molar-refractivity contribution in [1.29, 1.82) is 0 Å². The summed E-state index contributed by atoms with van der Waals surface area (Å²) in [6, 6.07) is -0.627. The Labute approximate surface area is 116 Å². The summed E-state index contributed by atoms with van der Waals surface area (Å²) in [6.07, 6.45) is 2.63. The maximum Gasteiger partial charge on any atom is 0.323 e. The lowest BCUT2D eigenvalue weighted by molar-refractivity contribution is -0.140. The Morgan fingerprint density at radius 2 is 1.63 bits per heavy atom. The number of thioether (sulfide) groups is 1. The Hall–Kier alpha value is -1.44. The van der Waals surface area contributed by atoms with Gasteiger partial charge in [-0.1, -0.05) is 6.92 Å². The molecular weight excluding hydrogens is 272 g/mol. The standard InChI is InChI=1S/C11H20N2O5S/c1-4-8(7-19-3)12(2)11(18)13(5-9(14)15)6-10(16)17/h8H,4-7H2,1-3H3,(H,14,15)(H,16,17). The van der Waals surface area contributed by atoms with E-state index >= 15 is 0 Å². The fourth-order valence-electron chi connectivity index (χ4n) is 1.59. The molecule has 0 saturated heterocycles. The van der Waals surface area contributed by atoms with Crippen molar-refractivity contribution in [2.45, 2.75) is 19.4 Å². The molecular formula is C11H20N2O5S. The van der Waals surface area contributed by atoms with Crippen molar-refractivity contribution in [1.82, 2.24) is 9.80 Å². The van der Waals surface area contributed by atoms with E-state index in [0.717, 1.165) is 11.3 Å². The summed E-state index contributed by atoms with van der Waals surface area (Å²) < 4.78 is 0. The molecule has 0 bridgehead atoms. The van der Waals surface area contributed by atoms with E-state index in [9.17, 15) is 14.4 Å². The highest BCUT2D eigenvalue weighted by Crippen LogP contribution is 2.10. The molecule has 2 N–H and O–H groups in total. The van der Waals surface area contributed by atoms with E-state index in [1.165, 1.54) is 4.90 Å². The Bertz CT molecular complexity index is 321. The minimum absolute atomic E-state index is 0.0485. The molecule has 0 aliphatic carbocycles. The lowest BCUT2D eigenvalue weighted by atomic mass is 10.2. The number of carbonyl (C=O) groups is 3. The number of nitrogens with zero attached hydrogens (tertiary/aromatic N) is 2. The Morgan fingerprint density at radius 1 is 1.16 bits per heavy atom. The summed E-state index contributed by atoms with van der Waals surface area (Å²) in [5.41, 5.74) is 0. The van der Waals surface area contributed by atoms with Gasteiger partial charge in [-0.05, 0) is 12.7 Å². The molecule has 1 unspecified atom stereocenters. The van der Waals surface area contributed by atoms with Gasteiger partial charge in [0.1, 0.15) is 13.1 Å². The van der Waals surface area contributed by atoms with Crippen molar-refractivity contribution in [2.24, 2.45) is 0 Å². The number of carboxylic acid groups (broad SMARTS) is 2. The van der Waals surface area contributed by atoms with Gasteiger partial charge in [0.15, 0.2) is 0 Å². The molecule has 0 rings (SSSR count). The van der Waals surface area contributed by atoms with E-state index in [0.29, 0.717) is 5.75 Å². The molecule has 0 spiro atoms. The number of hydrogen-bond donors (Lipinski definition) is 2. The van der Waals surface area contributed by atoms with E-state index in [4.69, 9.17) is 10.2 Å². The summed E-state index contributed by atoms with van der Waals surface area (Å²) in [5.74, 6) is -1.76. The topological polar surface area (TPSA) is 98.2 Å². The van der Waals surface area contributed by atoms with Crippen LogP contribution in [0.1, 0.15) is 13.3 Å². The van der Waals surface area contributed by atoms with Gasteiger partial charge < -0.3 is 20.0 Å². The molecule has 0 saturated carbocycles. The molecule has 7 nitrogen and oxygen atoms in total. The second kappa shape index (κ2) is 8.63. The van der Waals surface area contributed by atoms with Crippen LogP contribution in [-0.4, -0.2) is 76.2 Å². The highest BCUT2D eigenvalue weighted by atomic mass is 32.2. The van der Waals surface area contributed by atoms with E-state index in [2.05, 4.69) is 0 Å². The number of carboxylic acids is 2. The minimum atomic E-state index is -1.24. The third-order valence-corrected chi connectivity index (χ3v) is 3.32. The van der Waals surface area contributed by atoms with Crippen LogP contribution in [0.3, 0.4) is 0 Å². The second-order valence-electron chi connectivity index (χ2n) is 4.05. The fourth-order valence-corrected chi connectivity index (χ4v) is 2.44. The zero-order valence-electron chi connectivity index (χ0n) is 11.3. The molecule has 0 radical (unpaired) electrons. The predicted molar refractivity (Wildman–Crippen MR) is 72.5 cm³/mol. The molecule has 1 atom stereocenters. The normalized spacial score (nSPS) is 11.7. The first-order valence-corrected chi connectivity index (χ1v) is 7.17. The molecule has 0 aliphatic heterocycles. The third-order valence-electron chi connectivity index (χ3n) is 2.60. The van der Waals surface area contributed by atoms with Gasteiger partial charge in [-0.15, -0.1) is 0 Å². The van der Waals surface area contributed by atoms with E-state index < -0.39 is 31.1 Å². The van der Waals surface area contributed by atoms with Crippen LogP contribution in [0, 0.1) is 0 Å². The number of rotatable bonds is 8. The molecule has 0 aromatic rings. The predicted octanol–water partition coefficient (Wildman–Crippen LogP) is 0.651. The summed E-state index contributed by atoms with van der Waals surface area (Å²) >= 11 is 1.57. The lowest BCUT2D eigenvalue weighted by Gasteiger charge is -2.31. The quantitative estimate of drug-likeness (QED) is 0.681. The van der Waals surface area contributed by atoms with Gasteiger partial charge in [0, 0.05) is 18.8 Å². The van der Waals surface area contributed by atoms with Crippen molar-refractivity contribution in [3.63, 3.8) is 0 Å². The first kappa shape index (κ1) is 17.6. The fraction of sp³-hybridized carbons (Fsp3) is 0.727. The molecule has 19 heavy (non-hydrogen) atoms. The zero-order chi connectivity index (χ0) is 15.0. The minimum Gasteiger partial charge on any atom is -0.480 e. The van der Waals surface area contributed by atoms with E-state index in [1.54, 1.807) is 18.8 Å². The Kier molecular flexibility index (Phi) is 7.97. The number of amides is 2. The van der Waals surface area contributed by atoms with Crippen molar-refractivity contribution < 1.29 is 24.6 Å². The van der Waals surface area contributed by atoms with Gasteiger partial charge in [-0.3, -0.25) is 9.59 Å². The van der Waals surface area contributed by atoms with Gasteiger partial charge >= 0.3 is 18.0 Å².